The van der Waals surface area contributed by atoms with Crippen LogP contribution in [0.4, 0.5) is 4.79 Å². The van der Waals surface area contributed by atoms with Gasteiger partial charge in [-0.15, -0.1) is 0 Å². The number of carbonyl (C=O) groups excluding carboxylic acids is 2. The highest BCUT2D eigenvalue weighted by Gasteiger charge is 2.33. The van der Waals surface area contributed by atoms with E-state index in [9.17, 15) is 9.59 Å². The molecule has 9 nitrogen and oxygen atoms in total. The summed E-state index contributed by atoms with van der Waals surface area (Å²) < 4.78 is 23.4. The SMILES string of the molecule is COC(=O)c1cc(C#Cc2ccc(OCc3c(-c4c(Cl)cccc4Cl)noc3C3CC3)cc2Cl)c2cnn(C(=O)OC(C)(C)C)c2c1. The highest BCUT2D eigenvalue weighted by molar-refractivity contribution is 6.39. The standard InChI is InChI=1S/C35H28Cl3N3O6/c1-35(2,3)46-34(43)41-29-15-22(33(42)44-4)14-21(24(29)17-39-41)11-8-19-12-13-23(16-28(19)38)45-18-25-31(40-47-32(25)20-9-10-20)30-26(36)6-5-7-27(30)37/h5-7,12-17,20H,9-10,18H2,1-4H3. The van der Waals surface area contributed by atoms with Gasteiger partial charge in [-0.2, -0.15) is 9.78 Å². The molecule has 2 heterocycles. The summed E-state index contributed by atoms with van der Waals surface area (Å²) in [5.74, 6) is 7.08. The Bertz CT molecular complexity index is 2080. The third-order valence-corrected chi connectivity index (χ3v) is 8.24. The van der Waals surface area contributed by atoms with Crippen LogP contribution < -0.4 is 4.74 Å². The molecule has 0 unspecified atom stereocenters. The third-order valence-electron chi connectivity index (χ3n) is 7.30. The summed E-state index contributed by atoms with van der Waals surface area (Å²) in [6.07, 6.45) is 2.82. The molecule has 12 heteroatoms. The molecule has 1 saturated carbocycles. The van der Waals surface area contributed by atoms with Gasteiger partial charge in [-0.3, -0.25) is 0 Å². The lowest BCUT2D eigenvalue weighted by Gasteiger charge is -2.19. The van der Waals surface area contributed by atoms with Gasteiger partial charge >= 0.3 is 12.1 Å². The van der Waals surface area contributed by atoms with Crippen LogP contribution in [0.3, 0.4) is 0 Å². The number of carbonyl (C=O) groups is 2. The summed E-state index contributed by atoms with van der Waals surface area (Å²) in [5.41, 5.74) is 2.68. The maximum atomic E-state index is 12.8. The summed E-state index contributed by atoms with van der Waals surface area (Å²) in [6, 6.07) is 13.5. The van der Waals surface area contributed by atoms with E-state index in [0.717, 1.165) is 28.8 Å². The van der Waals surface area contributed by atoms with E-state index in [1.165, 1.54) is 19.4 Å². The summed E-state index contributed by atoms with van der Waals surface area (Å²) in [5, 5.41) is 10.3. The molecule has 0 aliphatic heterocycles. The van der Waals surface area contributed by atoms with Gasteiger partial charge in [0, 0.05) is 34.1 Å². The first-order chi connectivity index (χ1) is 22.4. The number of hydrogen-bond acceptors (Lipinski definition) is 8. The summed E-state index contributed by atoms with van der Waals surface area (Å²) in [4.78, 5) is 25.3. The van der Waals surface area contributed by atoms with Gasteiger partial charge in [0.1, 0.15) is 29.4 Å². The molecular formula is C35H28Cl3N3O6. The van der Waals surface area contributed by atoms with Crippen LogP contribution in [0.5, 0.6) is 5.75 Å². The van der Waals surface area contributed by atoms with E-state index >= 15 is 0 Å². The van der Waals surface area contributed by atoms with Gasteiger partial charge in [0.05, 0.1) is 45.0 Å². The topological polar surface area (TPSA) is 106 Å². The number of fused-ring (bicyclic) bond motifs is 1. The van der Waals surface area contributed by atoms with Crippen molar-refractivity contribution in [2.45, 2.75) is 51.7 Å². The van der Waals surface area contributed by atoms with Crippen molar-refractivity contribution in [2.24, 2.45) is 0 Å². The number of methoxy groups -OCH3 is 1. The third kappa shape index (κ3) is 6.96. The molecule has 0 atom stereocenters. The van der Waals surface area contributed by atoms with Crippen LogP contribution in [0.1, 0.15) is 72.3 Å². The fraction of sp³-hybridized carbons (Fsp3) is 0.257. The first-order valence-electron chi connectivity index (χ1n) is 14.6. The van der Waals surface area contributed by atoms with Gasteiger partial charge in [-0.25, -0.2) is 9.59 Å². The molecule has 0 radical (unpaired) electrons. The first-order valence-corrected chi connectivity index (χ1v) is 15.8. The van der Waals surface area contributed by atoms with Crippen molar-refractivity contribution in [2.75, 3.05) is 7.11 Å². The van der Waals surface area contributed by atoms with E-state index in [1.807, 2.05) is 0 Å². The van der Waals surface area contributed by atoms with Crippen molar-refractivity contribution in [3.05, 3.63) is 97.8 Å². The van der Waals surface area contributed by atoms with E-state index in [1.54, 1.807) is 63.2 Å². The van der Waals surface area contributed by atoms with Gasteiger partial charge in [-0.05, 0) is 70.0 Å². The Morgan fingerprint density at radius 3 is 2.38 bits per heavy atom. The van der Waals surface area contributed by atoms with Gasteiger partial charge in [0.15, 0.2) is 0 Å². The zero-order valence-corrected chi connectivity index (χ0v) is 28.1. The Balaban J connectivity index is 1.28. The number of aromatic nitrogens is 3. The first kappa shape index (κ1) is 32.5. The van der Waals surface area contributed by atoms with Gasteiger partial charge in [0.25, 0.3) is 0 Å². The van der Waals surface area contributed by atoms with E-state index in [-0.39, 0.29) is 18.1 Å². The molecule has 0 spiro atoms. The second kappa shape index (κ2) is 13.0. The highest BCUT2D eigenvalue weighted by Crippen LogP contribution is 2.46. The predicted octanol–water partition coefficient (Wildman–Crippen LogP) is 9.08. The number of esters is 1. The zero-order valence-electron chi connectivity index (χ0n) is 25.8. The molecule has 2 aromatic heterocycles. The average Bonchev–Trinajstić information content (AvgIpc) is 3.63. The van der Waals surface area contributed by atoms with E-state index in [0.29, 0.717) is 54.1 Å². The van der Waals surface area contributed by atoms with Crippen LogP contribution >= 0.6 is 34.8 Å². The number of benzene rings is 3. The van der Waals surface area contributed by atoms with Crippen LogP contribution in [-0.2, 0) is 16.1 Å². The van der Waals surface area contributed by atoms with Gasteiger partial charge in [0.2, 0.25) is 0 Å². The largest absolute Gasteiger partial charge is 0.489 e. The van der Waals surface area contributed by atoms with Crippen LogP contribution in [0.25, 0.3) is 22.2 Å². The van der Waals surface area contributed by atoms with Crippen LogP contribution in [0, 0.1) is 11.8 Å². The summed E-state index contributed by atoms with van der Waals surface area (Å²) >= 11 is 19.6. The van der Waals surface area contributed by atoms with Crippen LogP contribution in [0.15, 0.2) is 59.3 Å². The van der Waals surface area contributed by atoms with Crippen molar-refractivity contribution in [3.8, 4) is 28.8 Å². The minimum atomic E-state index is -0.745. The minimum Gasteiger partial charge on any atom is -0.489 e. The van der Waals surface area contributed by atoms with Crippen LogP contribution in [0.2, 0.25) is 15.1 Å². The fourth-order valence-corrected chi connectivity index (χ4v) is 5.74. The lowest BCUT2D eigenvalue weighted by molar-refractivity contribution is 0.0520. The van der Waals surface area contributed by atoms with Crippen LogP contribution in [-0.4, -0.2) is 39.7 Å². The highest BCUT2D eigenvalue weighted by atomic mass is 35.5. The number of hydrogen-bond donors (Lipinski definition) is 0. The molecule has 0 N–H and O–H groups in total. The molecule has 1 aliphatic carbocycles. The molecular weight excluding hydrogens is 665 g/mol. The number of ether oxygens (including phenoxy) is 3. The van der Waals surface area contributed by atoms with E-state index < -0.39 is 17.7 Å². The second-order valence-electron chi connectivity index (χ2n) is 11.9. The van der Waals surface area contributed by atoms with Gasteiger partial charge in [-0.1, -0.05) is 57.9 Å². The Morgan fingerprint density at radius 1 is 1.00 bits per heavy atom. The quantitative estimate of drug-likeness (QED) is 0.128. The molecule has 3 aromatic carbocycles. The number of rotatable bonds is 6. The summed E-state index contributed by atoms with van der Waals surface area (Å²) in [7, 11) is 1.27. The molecule has 240 valence electrons. The summed E-state index contributed by atoms with van der Waals surface area (Å²) in [6.45, 7) is 5.41. The number of halogens is 3. The lowest BCUT2D eigenvalue weighted by Crippen LogP contribution is -2.27. The zero-order chi connectivity index (χ0) is 33.5. The fourth-order valence-electron chi connectivity index (χ4n) is 4.94. The van der Waals surface area contributed by atoms with Crippen molar-refractivity contribution in [1.82, 2.24) is 14.9 Å². The lowest BCUT2D eigenvalue weighted by atomic mass is 10.0. The van der Waals surface area contributed by atoms with E-state index in [2.05, 4.69) is 22.1 Å². The van der Waals surface area contributed by atoms with Crippen molar-refractivity contribution in [1.29, 1.82) is 0 Å². The molecule has 1 fully saturated rings. The van der Waals surface area contributed by atoms with Gasteiger partial charge < -0.3 is 18.7 Å². The molecule has 47 heavy (non-hydrogen) atoms. The van der Waals surface area contributed by atoms with Crippen molar-refractivity contribution in [3.63, 3.8) is 0 Å². The normalized spacial score (nSPS) is 12.8. The minimum absolute atomic E-state index is 0.160. The predicted molar refractivity (Wildman–Crippen MR) is 178 cm³/mol. The molecule has 0 saturated heterocycles. The maximum Gasteiger partial charge on any atom is 0.435 e. The Labute approximate surface area is 285 Å². The molecule has 6 rings (SSSR count). The average molecular weight is 693 g/mol. The Hall–Kier alpha value is -4.49. The van der Waals surface area contributed by atoms with E-state index in [4.69, 9.17) is 53.5 Å². The molecule has 5 aromatic rings. The van der Waals surface area contributed by atoms with Crippen molar-refractivity contribution < 1.29 is 28.3 Å². The molecule has 0 bridgehead atoms. The second-order valence-corrected chi connectivity index (χ2v) is 13.1. The monoisotopic (exact) mass is 691 g/mol. The number of nitrogens with zero attached hydrogens (tertiary/aromatic N) is 3. The maximum absolute atomic E-state index is 12.8. The Kier molecular flexibility index (Phi) is 8.95. The molecule has 0 amide bonds. The molecule has 1 aliphatic rings. The van der Waals surface area contributed by atoms with Crippen molar-refractivity contribution >= 4 is 57.8 Å². The Morgan fingerprint density at radius 2 is 1.72 bits per heavy atom. The smallest absolute Gasteiger partial charge is 0.435 e.